The molecule has 0 aliphatic carbocycles. The lowest BCUT2D eigenvalue weighted by atomic mass is 9.68. The molecule has 0 spiro atoms. The van der Waals surface area contributed by atoms with Gasteiger partial charge in [0.1, 0.15) is 18.8 Å². The van der Waals surface area contributed by atoms with Crippen molar-refractivity contribution in [2.75, 3.05) is 13.1 Å². The number of carboxylic acid groups (broad SMARTS) is 1. The third kappa shape index (κ3) is 4.79. The summed E-state index contributed by atoms with van der Waals surface area (Å²) in [5, 5.41) is 10.6. The van der Waals surface area contributed by atoms with Crippen molar-refractivity contribution in [3.05, 3.63) is 35.5 Å². The molecule has 0 radical (unpaired) electrons. The first-order valence-electron chi connectivity index (χ1n) is 9.70. The highest BCUT2D eigenvalue weighted by molar-refractivity contribution is 6.06. The molecule has 4 rings (SSSR count). The van der Waals surface area contributed by atoms with Gasteiger partial charge in [0.2, 0.25) is 5.71 Å². The molecule has 2 aliphatic rings. The van der Waals surface area contributed by atoms with Gasteiger partial charge in [0.25, 0.3) is 0 Å². The van der Waals surface area contributed by atoms with Gasteiger partial charge in [0.15, 0.2) is 0 Å². The van der Waals surface area contributed by atoms with Gasteiger partial charge in [-0.2, -0.15) is 0 Å². The summed E-state index contributed by atoms with van der Waals surface area (Å²) >= 11 is 0. The summed E-state index contributed by atoms with van der Waals surface area (Å²) in [6.45, 7) is 4.37. The summed E-state index contributed by atoms with van der Waals surface area (Å²) in [4.78, 5) is 14.9. The van der Waals surface area contributed by atoms with Crippen LogP contribution in [-0.4, -0.2) is 39.4 Å². The summed E-state index contributed by atoms with van der Waals surface area (Å²) in [6, 6.07) is 8.53. The second-order valence-corrected chi connectivity index (χ2v) is 8.37. The van der Waals surface area contributed by atoms with Crippen molar-refractivity contribution in [3.63, 3.8) is 0 Å². The van der Waals surface area contributed by atoms with Crippen molar-refractivity contribution >= 4 is 22.6 Å². The van der Waals surface area contributed by atoms with E-state index in [1.54, 1.807) is 0 Å². The zero-order valence-corrected chi connectivity index (χ0v) is 17.0. The highest BCUT2D eigenvalue weighted by Crippen LogP contribution is 2.43. The Morgan fingerprint density at radius 2 is 1.93 bits per heavy atom. The number of aromatic nitrogens is 1. The minimum Gasteiger partial charge on any atom is -0.481 e. The molecular weight excluding hydrogens is 400 g/mol. The third-order valence-electron chi connectivity index (χ3n) is 6.08. The molecule has 2 N–H and O–H groups in total. The normalized spacial score (nSPS) is 21.3. The zero-order chi connectivity index (χ0) is 21.2. The molecule has 0 saturated heterocycles. The van der Waals surface area contributed by atoms with Crippen LogP contribution >= 0.6 is 0 Å². The van der Waals surface area contributed by atoms with Gasteiger partial charge in [-0.25, -0.2) is 23.2 Å². The van der Waals surface area contributed by atoms with Crippen LogP contribution in [-0.2, 0) is 11.2 Å². The first-order chi connectivity index (χ1) is 13.6. The standard InChI is InChI=1S/C20H24N2O2.ClHO4/c1-2-20(11-8-17(23)24)10-5-12-22-13-9-15-14-6-3-4-7-16(14)21-18(15)19(20)22;2-1(3,4)5/h3-4,6-7H,2,5,8-13H2,1H3,(H,23,24);(H,2,3,4,5). The summed E-state index contributed by atoms with van der Waals surface area (Å²) < 4.78 is 36.5. The lowest BCUT2D eigenvalue weighted by Gasteiger charge is -2.37. The Labute approximate surface area is 170 Å². The van der Waals surface area contributed by atoms with E-state index in [-0.39, 0.29) is 11.8 Å². The average molecular weight is 425 g/mol. The summed E-state index contributed by atoms with van der Waals surface area (Å²) in [5.74, 6) is -0.687. The number of hydrogen-bond donors (Lipinski definition) is 2. The molecule has 9 heteroatoms. The number of para-hydroxylation sites is 1. The van der Waals surface area contributed by atoms with Crippen molar-refractivity contribution in [2.45, 2.75) is 45.4 Å². The summed E-state index contributed by atoms with van der Waals surface area (Å²) in [7, 11) is -4.94. The molecule has 2 aromatic rings. The second kappa shape index (κ2) is 8.41. The van der Waals surface area contributed by atoms with E-state index in [0.717, 1.165) is 45.2 Å². The molecule has 158 valence electrons. The largest absolute Gasteiger partial charge is 0.481 e. The third-order valence-corrected chi connectivity index (χ3v) is 6.08. The Morgan fingerprint density at radius 3 is 2.59 bits per heavy atom. The molecule has 2 aliphatic heterocycles. The lowest BCUT2D eigenvalue weighted by Crippen LogP contribution is -2.68. The maximum Gasteiger partial charge on any atom is 0.303 e. The van der Waals surface area contributed by atoms with Gasteiger partial charge in [-0.1, -0.05) is 25.1 Å². The van der Waals surface area contributed by atoms with E-state index < -0.39 is 16.2 Å². The molecule has 3 heterocycles. The van der Waals surface area contributed by atoms with Crippen LogP contribution < -0.4 is 18.6 Å². The van der Waals surface area contributed by atoms with Gasteiger partial charge in [-0.3, -0.25) is 4.79 Å². The van der Waals surface area contributed by atoms with Gasteiger partial charge in [0.05, 0.1) is 5.41 Å². The predicted molar refractivity (Wildman–Crippen MR) is 94.9 cm³/mol. The molecular formula is C20H25ClN2O6. The van der Waals surface area contributed by atoms with Crippen LogP contribution in [0.3, 0.4) is 0 Å². The summed E-state index contributed by atoms with van der Waals surface area (Å²) in [6.07, 6.45) is 5.31. The Bertz CT molecular complexity index is 927. The van der Waals surface area contributed by atoms with Gasteiger partial charge in [-0.05, 0) is 30.9 Å². The van der Waals surface area contributed by atoms with Gasteiger partial charge < -0.3 is 10.1 Å². The van der Waals surface area contributed by atoms with E-state index in [1.807, 2.05) is 0 Å². The SMILES string of the molecule is CCC1(CCC(=O)O)CCC[N+]2=C1c1[nH]c3ccccc3c1CC2.[O-][Cl+3]([O-])([O-])[O-]. The van der Waals surface area contributed by atoms with Crippen LogP contribution in [0.5, 0.6) is 0 Å². The van der Waals surface area contributed by atoms with Crippen LogP contribution in [0.25, 0.3) is 10.9 Å². The van der Waals surface area contributed by atoms with Gasteiger partial charge in [0, 0.05) is 30.2 Å². The number of aromatic amines is 1. The highest BCUT2D eigenvalue weighted by Gasteiger charge is 2.47. The number of H-pyrrole nitrogens is 1. The van der Waals surface area contributed by atoms with Crippen LogP contribution in [0.2, 0.25) is 0 Å². The number of carbonyl (C=O) groups is 1. The summed E-state index contributed by atoms with van der Waals surface area (Å²) in [5.41, 5.74) is 5.27. The maximum atomic E-state index is 11.2. The van der Waals surface area contributed by atoms with E-state index >= 15 is 0 Å². The Balaban J connectivity index is 0.000000431. The fourth-order valence-electron chi connectivity index (χ4n) is 4.84. The molecule has 1 aromatic heterocycles. The van der Waals surface area contributed by atoms with Crippen LogP contribution in [0, 0.1) is 15.7 Å². The maximum absolute atomic E-state index is 11.2. The number of rotatable bonds is 4. The van der Waals surface area contributed by atoms with E-state index in [0.29, 0.717) is 0 Å². The molecule has 0 amide bonds. The molecule has 0 bridgehead atoms. The number of carboxylic acids is 1. The molecule has 8 nitrogen and oxygen atoms in total. The Hall–Kier alpha value is -1.97. The Kier molecular flexibility index (Phi) is 6.30. The Morgan fingerprint density at radius 1 is 1.24 bits per heavy atom. The fourth-order valence-corrected chi connectivity index (χ4v) is 4.84. The lowest BCUT2D eigenvalue weighted by molar-refractivity contribution is -2.00. The number of benzene rings is 1. The van der Waals surface area contributed by atoms with E-state index in [1.165, 1.54) is 27.9 Å². The number of fused-ring (bicyclic) bond motifs is 4. The van der Waals surface area contributed by atoms with Crippen LogP contribution in [0.1, 0.15) is 50.3 Å². The molecule has 29 heavy (non-hydrogen) atoms. The van der Waals surface area contributed by atoms with Crippen molar-refractivity contribution in [1.29, 1.82) is 0 Å². The molecule has 1 atom stereocenters. The van der Waals surface area contributed by atoms with E-state index in [4.69, 9.17) is 18.6 Å². The first kappa shape index (κ1) is 21.7. The first-order valence-corrected chi connectivity index (χ1v) is 10.9. The highest BCUT2D eigenvalue weighted by atomic mass is 35.7. The molecule has 1 unspecified atom stereocenters. The topological polar surface area (TPSA) is 148 Å². The number of aliphatic carboxylic acids is 1. The number of nitrogens with zero attached hydrogens (tertiary/aromatic N) is 1. The fraction of sp³-hybridized carbons (Fsp3) is 0.500. The number of halogens is 1. The van der Waals surface area contributed by atoms with Crippen LogP contribution in [0.15, 0.2) is 24.3 Å². The zero-order valence-electron chi connectivity index (χ0n) is 16.3. The number of nitrogens with one attached hydrogen (secondary N) is 1. The van der Waals surface area contributed by atoms with E-state index in [2.05, 4.69) is 40.7 Å². The van der Waals surface area contributed by atoms with Gasteiger partial charge in [-0.15, -0.1) is 10.2 Å². The van der Waals surface area contributed by atoms with Crippen molar-refractivity contribution in [1.82, 2.24) is 4.98 Å². The van der Waals surface area contributed by atoms with E-state index in [9.17, 15) is 9.90 Å². The minimum atomic E-state index is -4.94. The van der Waals surface area contributed by atoms with Crippen molar-refractivity contribution in [3.8, 4) is 0 Å². The van der Waals surface area contributed by atoms with Gasteiger partial charge >= 0.3 is 5.97 Å². The minimum absolute atomic E-state index is 0.00726. The number of hydrogen-bond acceptors (Lipinski definition) is 5. The quantitative estimate of drug-likeness (QED) is 0.590. The van der Waals surface area contributed by atoms with Crippen molar-refractivity contribution < 1.29 is 43.4 Å². The molecule has 0 fully saturated rings. The monoisotopic (exact) mass is 424 g/mol. The molecule has 1 aromatic carbocycles. The second-order valence-electron chi connectivity index (χ2n) is 7.62. The average Bonchev–Trinajstić information content (AvgIpc) is 3.03. The predicted octanol–water partition coefficient (Wildman–Crippen LogP) is -1.18. The van der Waals surface area contributed by atoms with Crippen molar-refractivity contribution in [2.24, 2.45) is 5.41 Å². The van der Waals surface area contributed by atoms with Crippen LogP contribution in [0.4, 0.5) is 0 Å². The molecule has 0 saturated carbocycles. The smallest absolute Gasteiger partial charge is 0.303 e.